The first-order chi connectivity index (χ1) is 9.45. The van der Waals surface area contributed by atoms with Crippen LogP contribution in [0, 0.1) is 0 Å². The van der Waals surface area contributed by atoms with Crippen LogP contribution in [0.5, 0.6) is 0 Å². The molecule has 0 aliphatic carbocycles. The highest BCUT2D eigenvalue weighted by Crippen LogP contribution is 2.35. The molecule has 0 amide bonds. The summed E-state index contributed by atoms with van der Waals surface area (Å²) in [5, 5.41) is 0. The molecule has 0 saturated heterocycles. The van der Waals surface area contributed by atoms with Crippen LogP contribution in [0.15, 0.2) is 0 Å². The summed E-state index contributed by atoms with van der Waals surface area (Å²) < 4.78 is 19.5. The van der Waals surface area contributed by atoms with E-state index < -0.39 is 7.82 Å². The van der Waals surface area contributed by atoms with Crippen LogP contribution in [-0.4, -0.2) is 29.0 Å². The monoisotopic (exact) mass is 310 g/mol. The normalized spacial score (nSPS) is 11.6. The standard InChI is InChI=1S/C13H27O6P/c1-2-3-4-5-6-7-8-10-13(14)18-11-9-12-19-20(15,16)17/h2-12H2,1H3,(H2,15,16,17). The van der Waals surface area contributed by atoms with E-state index in [1.165, 1.54) is 25.7 Å². The van der Waals surface area contributed by atoms with E-state index in [1.807, 2.05) is 0 Å². The minimum absolute atomic E-state index is 0.116. The average molecular weight is 310 g/mol. The molecule has 0 radical (unpaired) electrons. The molecule has 2 N–H and O–H groups in total. The molecule has 120 valence electrons. The zero-order valence-corrected chi connectivity index (χ0v) is 13.1. The van der Waals surface area contributed by atoms with Crippen molar-refractivity contribution in [3.05, 3.63) is 0 Å². The van der Waals surface area contributed by atoms with Gasteiger partial charge in [-0.3, -0.25) is 9.32 Å². The number of phosphoric acid groups is 1. The van der Waals surface area contributed by atoms with Gasteiger partial charge in [0.15, 0.2) is 0 Å². The fourth-order valence-corrected chi connectivity index (χ4v) is 2.09. The van der Waals surface area contributed by atoms with Crippen molar-refractivity contribution in [3.63, 3.8) is 0 Å². The molecule has 0 aliphatic heterocycles. The second-order valence-electron chi connectivity index (χ2n) is 4.77. The maximum atomic E-state index is 11.3. The molecule has 0 fully saturated rings. The quantitative estimate of drug-likeness (QED) is 0.308. The molecule has 0 atom stereocenters. The van der Waals surface area contributed by atoms with Crippen molar-refractivity contribution < 1.29 is 28.4 Å². The maximum Gasteiger partial charge on any atom is 0.469 e. The number of hydrogen-bond donors (Lipinski definition) is 2. The fraction of sp³-hybridized carbons (Fsp3) is 0.923. The molecule has 0 saturated carbocycles. The van der Waals surface area contributed by atoms with Gasteiger partial charge in [-0.2, -0.15) is 0 Å². The SMILES string of the molecule is CCCCCCCCCC(=O)OCCCOP(=O)(O)O. The first-order valence-electron chi connectivity index (χ1n) is 7.31. The molecule has 0 aromatic carbocycles. The number of phosphoric ester groups is 1. The van der Waals surface area contributed by atoms with Crippen molar-refractivity contribution in [2.45, 2.75) is 64.7 Å². The number of esters is 1. The highest BCUT2D eigenvalue weighted by Gasteiger charge is 2.12. The summed E-state index contributed by atoms with van der Waals surface area (Å²) >= 11 is 0. The predicted octanol–water partition coefficient (Wildman–Crippen LogP) is 3.17. The Labute approximate surface area is 121 Å². The Morgan fingerprint density at radius 2 is 1.55 bits per heavy atom. The number of hydrogen-bond acceptors (Lipinski definition) is 4. The second-order valence-corrected chi connectivity index (χ2v) is 6.01. The van der Waals surface area contributed by atoms with Crippen LogP contribution in [0.4, 0.5) is 0 Å². The average Bonchev–Trinajstić information content (AvgIpc) is 2.36. The molecule has 6 nitrogen and oxygen atoms in total. The van der Waals surface area contributed by atoms with E-state index in [0.29, 0.717) is 6.42 Å². The molecule has 0 unspecified atom stereocenters. The Balaban J connectivity index is 3.27. The van der Waals surface area contributed by atoms with Crippen molar-refractivity contribution in [3.8, 4) is 0 Å². The summed E-state index contributed by atoms with van der Waals surface area (Å²) in [6.45, 7) is 2.20. The summed E-state index contributed by atoms with van der Waals surface area (Å²) in [5.41, 5.74) is 0. The first-order valence-corrected chi connectivity index (χ1v) is 8.84. The summed E-state index contributed by atoms with van der Waals surface area (Å²) in [6.07, 6.45) is 8.73. The maximum absolute atomic E-state index is 11.3. The minimum Gasteiger partial charge on any atom is -0.466 e. The van der Waals surface area contributed by atoms with Crippen molar-refractivity contribution in [1.82, 2.24) is 0 Å². The van der Waals surface area contributed by atoms with Gasteiger partial charge in [0.1, 0.15) is 0 Å². The lowest BCUT2D eigenvalue weighted by molar-refractivity contribution is -0.144. The number of unbranched alkanes of at least 4 members (excludes halogenated alkanes) is 6. The van der Waals surface area contributed by atoms with E-state index in [9.17, 15) is 9.36 Å². The molecule has 0 aromatic heterocycles. The molecule has 7 heteroatoms. The zero-order valence-electron chi connectivity index (χ0n) is 12.3. The lowest BCUT2D eigenvalue weighted by Crippen LogP contribution is -2.07. The van der Waals surface area contributed by atoms with Crippen LogP contribution in [0.2, 0.25) is 0 Å². The van der Waals surface area contributed by atoms with Gasteiger partial charge in [0.05, 0.1) is 13.2 Å². The van der Waals surface area contributed by atoms with Crippen LogP contribution in [0.1, 0.15) is 64.7 Å². The van der Waals surface area contributed by atoms with Gasteiger partial charge in [0.2, 0.25) is 0 Å². The van der Waals surface area contributed by atoms with Gasteiger partial charge in [-0.05, 0) is 6.42 Å². The summed E-state index contributed by atoms with van der Waals surface area (Å²) in [6, 6.07) is 0. The summed E-state index contributed by atoms with van der Waals surface area (Å²) in [7, 11) is -4.40. The Morgan fingerprint density at radius 1 is 0.950 bits per heavy atom. The third-order valence-corrected chi connectivity index (χ3v) is 3.31. The van der Waals surface area contributed by atoms with Gasteiger partial charge in [-0.15, -0.1) is 0 Å². The molecule has 0 heterocycles. The Hall–Kier alpha value is -0.420. The van der Waals surface area contributed by atoms with E-state index >= 15 is 0 Å². The summed E-state index contributed by atoms with van der Waals surface area (Å²) in [5.74, 6) is -0.255. The number of carbonyl (C=O) groups excluding carboxylic acids is 1. The largest absolute Gasteiger partial charge is 0.469 e. The lowest BCUT2D eigenvalue weighted by Gasteiger charge is -2.06. The van der Waals surface area contributed by atoms with Crippen LogP contribution in [0.25, 0.3) is 0 Å². The van der Waals surface area contributed by atoms with Crippen LogP contribution in [-0.2, 0) is 18.6 Å². The second kappa shape index (κ2) is 12.3. The Morgan fingerprint density at radius 3 is 2.15 bits per heavy atom. The van der Waals surface area contributed by atoms with Crippen LogP contribution in [0.3, 0.4) is 0 Å². The lowest BCUT2D eigenvalue weighted by atomic mass is 10.1. The Bertz CT molecular complexity index is 289. The van der Waals surface area contributed by atoms with Gasteiger partial charge >= 0.3 is 13.8 Å². The molecular weight excluding hydrogens is 283 g/mol. The Kier molecular flexibility index (Phi) is 12.1. The summed E-state index contributed by atoms with van der Waals surface area (Å²) in [4.78, 5) is 28.2. The molecule has 0 bridgehead atoms. The number of carbonyl (C=O) groups is 1. The van der Waals surface area contributed by atoms with Gasteiger partial charge in [0, 0.05) is 12.8 Å². The highest BCUT2D eigenvalue weighted by molar-refractivity contribution is 7.46. The third kappa shape index (κ3) is 15.6. The predicted molar refractivity (Wildman–Crippen MR) is 76.2 cm³/mol. The number of ether oxygens (including phenoxy) is 1. The van der Waals surface area contributed by atoms with Gasteiger partial charge < -0.3 is 14.5 Å². The molecular formula is C13H27O6P. The van der Waals surface area contributed by atoms with E-state index in [-0.39, 0.29) is 25.6 Å². The highest BCUT2D eigenvalue weighted by atomic mass is 31.2. The fourth-order valence-electron chi connectivity index (χ4n) is 1.73. The molecule has 0 aliphatic rings. The van der Waals surface area contributed by atoms with Gasteiger partial charge in [-0.25, -0.2) is 4.57 Å². The first kappa shape index (κ1) is 19.6. The molecule has 0 aromatic rings. The number of rotatable bonds is 13. The van der Waals surface area contributed by atoms with E-state index in [4.69, 9.17) is 14.5 Å². The molecule has 20 heavy (non-hydrogen) atoms. The van der Waals surface area contributed by atoms with Gasteiger partial charge in [0.25, 0.3) is 0 Å². The third-order valence-electron chi connectivity index (χ3n) is 2.80. The topological polar surface area (TPSA) is 93.1 Å². The molecule has 0 spiro atoms. The minimum atomic E-state index is -4.40. The van der Waals surface area contributed by atoms with Crippen molar-refractivity contribution in [2.24, 2.45) is 0 Å². The van der Waals surface area contributed by atoms with Crippen molar-refractivity contribution in [1.29, 1.82) is 0 Å². The van der Waals surface area contributed by atoms with Crippen LogP contribution >= 0.6 is 7.82 Å². The van der Waals surface area contributed by atoms with E-state index in [1.54, 1.807) is 0 Å². The van der Waals surface area contributed by atoms with E-state index in [0.717, 1.165) is 19.3 Å². The van der Waals surface area contributed by atoms with Gasteiger partial charge in [-0.1, -0.05) is 45.4 Å². The van der Waals surface area contributed by atoms with Crippen LogP contribution < -0.4 is 0 Å². The smallest absolute Gasteiger partial charge is 0.466 e. The molecule has 0 rings (SSSR count). The zero-order chi connectivity index (χ0) is 15.3. The van der Waals surface area contributed by atoms with Crippen molar-refractivity contribution in [2.75, 3.05) is 13.2 Å². The van der Waals surface area contributed by atoms with E-state index in [2.05, 4.69) is 11.4 Å². The van der Waals surface area contributed by atoms with Crippen molar-refractivity contribution >= 4 is 13.8 Å².